The molecular weight excluding hydrogens is 238 g/mol. The van der Waals surface area contributed by atoms with Crippen LogP contribution in [0.4, 0.5) is 0 Å². The van der Waals surface area contributed by atoms with Crippen LogP contribution in [-0.4, -0.2) is 41.8 Å². The number of rotatable bonds is 5. The van der Waals surface area contributed by atoms with Crippen molar-refractivity contribution in [2.24, 2.45) is 0 Å². The molecule has 0 fully saturated rings. The number of carboxylic acid groups (broad SMARTS) is 1. The molecule has 18 heavy (non-hydrogen) atoms. The van der Waals surface area contributed by atoms with Crippen LogP contribution in [0, 0.1) is 6.92 Å². The minimum absolute atomic E-state index is 0.0305. The van der Waals surface area contributed by atoms with E-state index in [2.05, 4.69) is 5.32 Å². The van der Waals surface area contributed by atoms with Crippen molar-refractivity contribution in [3.63, 3.8) is 0 Å². The van der Waals surface area contributed by atoms with Crippen LogP contribution in [0.25, 0.3) is 0 Å². The van der Waals surface area contributed by atoms with Crippen LogP contribution in [0.15, 0.2) is 18.2 Å². The molecule has 0 radical (unpaired) electrons. The highest BCUT2D eigenvalue weighted by Crippen LogP contribution is 2.18. The molecular formula is C12H15NO5. The highest BCUT2D eigenvalue weighted by Gasteiger charge is 2.21. The molecule has 98 valence electrons. The number of phenolic OH excluding ortho intramolecular Hbond substituents is 1. The summed E-state index contributed by atoms with van der Waals surface area (Å²) in [5.74, 6) is -2.04. The van der Waals surface area contributed by atoms with Gasteiger partial charge < -0.3 is 20.3 Å². The van der Waals surface area contributed by atoms with Gasteiger partial charge in [-0.05, 0) is 24.6 Å². The molecule has 0 bridgehead atoms. The van der Waals surface area contributed by atoms with Crippen LogP contribution in [0.3, 0.4) is 0 Å². The summed E-state index contributed by atoms with van der Waals surface area (Å²) in [6, 6.07) is 3.37. The number of carboxylic acids is 1. The van der Waals surface area contributed by atoms with Gasteiger partial charge in [-0.3, -0.25) is 4.79 Å². The van der Waals surface area contributed by atoms with Gasteiger partial charge in [-0.25, -0.2) is 4.79 Å². The van der Waals surface area contributed by atoms with Gasteiger partial charge in [0, 0.05) is 7.11 Å². The van der Waals surface area contributed by atoms with Crippen LogP contribution >= 0.6 is 0 Å². The molecule has 1 aromatic rings. The van der Waals surface area contributed by atoms with E-state index in [1.807, 2.05) is 0 Å². The lowest BCUT2D eigenvalue weighted by Gasteiger charge is -2.14. The fraction of sp³-hybridized carbons (Fsp3) is 0.333. The topological polar surface area (TPSA) is 95.9 Å². The number of hydrogen-bond acceptors (Lipinski definition) is 4. The number of amides is 1. The molecule has 0 aliphatic carbocycles. The largest absolute Gasteiger partial charge is 0.507 e. The first-order valence-electron chi connectivity index (χ1n) is 5.28. The van der Waals surface area contributed by atoms with Gasteiger partial charge in [0.05, 0.1) is 12.2 Å². The Bertz CT molecular complexity index is 458. The van der Waals surface area contributed by atoms with E-state index < -0.39 is 17.9 Å². The summed E-state index contributed by atoms with van der Waals surface area (Å²) < 4.78 is 4.69. The molecule has 0 saturated heterocycles. The maximum atomic E-state index is 11.8. The van der Waals surface area contributed by atoms with E-state index in [0.717, 1.165) is 5.56 Å². The third-order valence-corrected chi connectivity index (χ3v) is 2.33. The Morgan fingerprint density at radius 3 is 2.61 bits per heavy atom. The van der Waals surface area contributed by atoms with Crippen molar-refractivity contribution in [3.05, 3.63) is 29.3 Å². The van der Waals surface area contributed by atoms with Gasteiger partial charge in [-0.1, -0.05) is 6.07 Å². The van der Waals surface area contributed by atoms with Crippen LogP contribution < -0.4 is 5.32 Å². The van der Waals surface area contributed by atoms with E-state index >= 15 is 0 Å². The summed E-state index contributed by atoms with van der Waals surface area (Å²) in [6.45, 7) is 1.63. The third-order valence-electron chi connectivity index (χ3n) is 2.33. The zero-order chi connectivity index (χ0) is 13.7. The Kier molecular flexibility index (Phi) is 4.67. The molecule has 0 spiro atoms. The molecule has 1 atom stereocenters. The Morgan fingerprint density at radius 1 is 1.44 bits per heavy atom. The first kappa shape index (κ1) is 14.0. The molecule has 1 aromatic carbocycles. The summed E-state index contributed by atoms with van der Waals surface area (Å²) in [4.78, 5) is 22.6. The summed E-state index contributed by atoms with van der Waals surface area (Å²) >= 11 is 0. The maximum Gasteiger partial charge on any atom is 0.328 e. The lowest BCUT2D eigenvalue weighted by atomic mass is 10.1. The van der Waals surface area contributed by atoms with Crippen LogP contribution in [0.1, 0.15) is 15.9 Å². The van der Waals surface area contributed by atoms with Crippen LogP contribution in [-0.2, 0) is 9.53 Å². The molecule has 6 heteroatoms. The summed E-state index contributed by atoms with van der Waals surface area (Å²) in [6.07, 6.45) is 0. The Labute approximate surface area is 104 Å². The number of phenols is 1. The van der Waals surface area contributed by atoms with Gasteiger partial charge in [-0.2, -0.15) is 0 Å². The lowest BCUT2D eigenvalue weighted by molar-refractivity contribution is -0.140. The quantitative estimate of drug-likeness (QED) is 0.711. The number of nitrogens with one attached hydrogen (secondary N) is 1. The smallest absolute Gasteiger partial charge is 0.328 e. The first-order valence-corrected chi connectivity index (χ1v) is 5.28. The predicted molar refractivity (Wildman–Crippen MR) is 63.6 cm³/mol. The fourth-order valence-corrected chi connectivity index (χ4v) is 1.41. The zero-order valence-electron chi connectivity index (χ0n) is 10.1. The molecule has 0 aliphatic heterocycles. The van der Waals surface area contributed by atoms with Crippen molar-refractivity contribution in [1.82, 2.24) is 5.32 Å². The van der Waals surface area contributed by atoms with E-state index in [0.29, 0.717) is 0 Å². The molecule has 3 N–H and O–H groups in total. The number of carbonyl (C=O) groups excluding carboxylic acids is 1. The number of aromatic hydroxyl groups is 1. The summed E-state index contributed by atoms with van der Waals surface area (Å²) in [5, 5.41) is 20.7. The van der Waals surface area contributed by atoms with Crippen molar-refractivity contribution in [3.8, 4) is 5.75 Å². The third kappa shape index (κ3) is 3.46. The number of carbonyl (C=O) groups is 2. The molecule has 1 amide bonds. The molecule has 1 rings (SSSR count). The molecule has 0 aliphatic rings. The van der Waals surface area contributed by atoms with E-state index in [1.54, 1.807) is 13.0 Å². The number of aliphatic carboxylic acids is 1. The van der Waals surface area contributed by atoms with Gasteiger partial charge in [0.15, 0.2) is 6.04 Å². The second-order valence-corrected chi connectivity index (χ2v) is 3.84. The molecule has 0 aromatic heterocycles. The SMILES string of the molecule is COCC(NC(=O)c1ccc(C)cc1O)C(=O)O. The number of aryl methyl sites for hydroxylation is 1. The van der Waals surface area contributed by atoms with Crippen LogP contribution in [0.5, 0.6) is 5.75 Å². The number of benzene rings is 1. The Balaban J connectivity index is 2.83. The van der Waals surface area contributed by atoms with Gasteiger partial charge in [0.2, 0.25) is 0 Å². The summed E-state index contributed by atoms with van der Waals surface area (Å²) in [5.41, 5.74) is 0.832. The zero-order valence-corrected chi connectivity index (χ0v) is 10.1. The monoisotopic (exact) mass is 253 g/mol. The second kappa shape index (κ2) is 6.02. The highest BCUT2D eigenvalue weighted by atomic mass is 16.5. The average molecular weight is 253 g/mol. The minimum Gasteiger partial charge on any atom is -0.507 e. The van der Waals surface area contributed by atoms with E-state index in [9.17, 15) is 14.7 Å². The Morgan fingerprint density at radius 2 is 2.11 bits per heavy atom. The number of hydrogen-bond donors (Lipinski definition) is 3. The minimum atomic E-state index is -1.20. The summed E-state index contributed by atoms with van der Waals surface area (Å²) in [7, 11) is 1.34. The van der Waals surface area contributed by atoms with E-state index in [1.165, 1.54) is 19.2 Å². The molecule has 0 saturated carbocycles. The predicted octanol–water partition coefficient (Wildman–Crippen LogP) is 0.530. The molecule has 6 nitrogen and oxygen atoms in total. The van der Waals surface area contributed by atoms with E-state index in [-0.39, 0.29) is 17.9 Å². The van der Waals surface area contributed by atoms with Crippen molar-refractivity contribution in [2.75, 3.05) is 13.7 Å². The van der Waals surface area contributed by atoms with Gasteiger partial charge in [-0.15, -0.1) is 0 Å². The maximum absolute atomic E-state index is 11.8. The number of ether oxygens (including phenoxy) is 1. The molecule has 0 heterocycles. The van der Waals surface area contributed by atoms with Gasteiger partial charge >= 0.3 is 5.97 Å². The first-order chi connectivity index (χ1) is 8.45. The average Bonchev–Trinajstić information content (AvgIpc) is 2.27. The normalized spacial score (nSPS) is 11.9. The van der Waals surface area contributed by atoms with Crippen molar-refractivity contribution in [1.29, 1.82) is 0 Å². The lowest BCUT2D eigenvalue weighted by Crippen LogP contribution is -2.43. The fourth-order valence-electron chi connectivity index (χ4n) is 1.41. The van der Waals surface area contributed by atoms with Crippen molar-refractivity contribution in [2.45, 2.75) is 13.0 Å². The van der Waals surface area contributed by atoms with Crippen molar-refractivity contribution < 1.29 is 24.5 Å². The van der Waals surface area contributed by atoms with Crippen molar-refractivity contribution >= 4 is 11.9 Å². The second-order valence-electron chi connectivity index (χ2n) is 3.84. The Hall–Kier alpha value is -2.08. The van der Waals surface area contributed by atoms with Crippen LogP contribution in [0.2, 0.25) is 0 Å². The van der Waals surface area contributed by atoms with Gasteiger partial charge in [0.1, 0.15) is 5.75 Å². The van der Waals surface area contributed by atoms with Gasteiger partial charge in [0.25, 0.3) is 5.91 Å². The number of methoxy groups -OCH3 is 1. The standard InChI is InChI=1S/C12H15NO5/c1-7-3-4-8(10(14)5-7)11(15)13-9(6-18-2)12(16)17/h3-5,9,14H,6H2,1-2H3,(H,13,15)(H,16,17). The van der Waals surface area contributed by atoms with E-state index in [4.69, 9.17) is 9.84 Å². The molecule has 1 unspecified atom stereocenters. The highest BCUT2D eigenvalue weighted by molar-refractivity contribution is 5.98.